The van der Waals surface area contributed by atoms with Crippen molar-refractivity contribution in [1.29, 1.82) is 0 Å². The highest BCUT2D eigenvalue weighted by Crippen LogP contribution is 2.25. The lowest BCUT2D eigenvalue weighted by Crippen LogP contribution is -2.46. The van der Waals surface area contributed by atoms with Crippen molar-refractivity contribution in [1.82, 2.24) is 4.90 Å². The van der Waals surface area contributed by atoms with Gasteiger partial charge in [-0.15, -0.1) is 0 Å². The Bertz CT molecular complexity index is 463. The number of nitrogens with two attached hydrogens (primary N) is 1. The van der Waals surface area contributed by atoms with E-state index < -0.39 is 0 Å². The minimum Gasteiger partial charge on any atom is -0.380 e. The van der Waals surface area contributed by atoms with Crippen molar-refractivity contribution in [3.8, 4) is 0 Å². The summed E-state index contributed by atoms with van der Waals surface area (Å²) in [6.07, 6.45) is 1.53. The van der Waals surface area contributed by atoms with Crippen LogP contribution in [0.5, 0.6) is 0 Å². The molecule has 21 heavy (non-hydrogen) atoms. The molecule has 1 saturated heterocycles. The summed E-state index contributed by atoms with van der Waals surface area (Å²) >= 11 is 0. The maximum Gasteiger partial charge on any atom is 0.0724 e. The van der Waals surface area contributed by atoms with Crippen LogP contribution in [0.15, 0.2) is 12.1 Å². The van der Waals surface area contributed by atoms with Crippen molar-refractivity contribution in [2.45, 2.75) is 46.3 Å². The first-order valence-electron chi connectivity index (χ1n) is 8.00. The third-order valence-electron chi connectivity index (χ3n) is 4.84. The first-order valence-corrected chi connectivity index (χ1v) is 8.00. The van der Waals surface area contributed by atoms with E-state index >= 15 is 0 Å². The van der Waals surface area contributed by atoms with Gasteiger partial charge in [-0.1, -0.05) is 24.6 Å². The molecule has 1 aromatic rings. The van der Waals surface area contributed by atoms with Crippen molar-refractivity contribution in [2.75, 3.05) is 26.7 Å². The Morgan fingerprint density at radius 3 is 2.48 bits per heavy atom. The maximum absolute atomic E-state index is 6.52. The Balaban J connectivity index is 2.06. The molecule has 0 bridgehead atoms. The van der Waals surface area contributed by atoms with Gasteiger partial charge in [-0.2, -0.15) is 0 Å². The number of aryl methyl sites for hydroxylation is 3. The second-order valence-corrected chi connectivity index (χ2v) is 6.72. The molecule has 0 amide bonds. The molecular formula is C18H30N2O. The van der Waals surface area contributed by atoms with Gasteiger partial charge in [-0.3, -0.25) is 4.90 Å². The number of hydrogen-bond acceptors (Lipinski definition) is 3. The van der Waals surface area contributed by atoms with Gasteiger partial charge in [-0.25, -0.2) is 0 Å². The zero-order valence-corrected chi connectivity index (χ0v) is 14.1. The lowest BCUT2D eigenvalue weighted by molar-refractivity contribution is -0.00646. The van der Waals surface area contributed by atoms with Crippen LogP contribution in [0, 0.1) is 26.7 Å². The van der Waals surface area contributed by atoms with Crippen LogP contribution in [0.1, 0.15) is 41.6 Å². The Morgan fingerprint density at radius 1 is 1.29 bits per heavy atom. The van der Waals surface area contributed by atoms with E-state index in [4.69, 9.17) is 10.5 Å². The molecule has 1 heterocycles. The minimum atomic E-state index is 0.0801. The standard InChI is InChI=1S/C18H30N2O/c1-12-8-14(3)18(15(4)9-12)16(19)10-20-7-6-13(2)17(11-20)21-5/h8-9,13,16-17H,6-7,10-11,19H2,1-5H3. The maximum atomic E-state index is 6.52. The molecule has 1 fully saturated rings. The summed E-state index contributed by atoms with van der Waals surface area (Å²) in [5.74, 6) is 0.644. The predicted molar refractivity (Wildman–Crippen MR) is 88.6 cm³/mol. The molecule has 3 atom stereocenters. The van der Waals surface area contributed by atoms with E-state index in [9.17, 15) is 0 Å². The average Bonchev–Trinajstić information content (AvgIpc) is 2.39. The molecule has 0 radical (unpaired) electrons. The van der Waals surface area contributed by atoms with Gasteiger partial charge in [-0.05, 0) is 56.3 Å². The highest BCUT2D eigenvalue weighted by atomic mass is 16.5. The molecule has 0 spiro atoms. The van der Waals surface area contributed by atoms with E-state index in [1.807, 2.05) is 7.11 Å². The van der Waals surface area contributed by atoms with Crippen LogP contribution in [-0.2, 0) is 4.74 Å². The fourth-order valence-electron chi connectivity index (χ4n) is 3.72. The van der Waals surface area contributed by atoms with Crippen molar-refractivity contribution in [3.63, 3.8) is 0 Å². The quantitative estimate of drug-likeness (QED) is 0.926. The van der Waals surface area contributed by atoms with Gasteiger partial charge in [0.1, 0.15) is 0 Å². The average molecular weight is 290 g/mol. The molecular weight excluding hydrogens is 260 g/mol. The van der Waals surface area contributed by atoms with Crippen LogP contribution >= 0.6 is 0 Å². The Kier molecular flexibility index (Phi) is 5.42. The summed E-state index contributed by atoms with van der Waals surface area (Å²) in [4.78, 5) is 2.46. The Morgan fingerprint density at radius 2 is 1.90 bits per heavy atom. The van der Waals surface area contributed by atoms with Gasteiger partial charge >= 0.3 is 0 Å². The molecule has 3 nitrogen and oxygen atoms in total. The molecule has 2 N–H and O–H groups in total. The molecule has 0 aliphatic carbocycles. The van der Waals surface area contributed by atoms with Gasteiger partial charge in [0.25, 0.3) is 0 Å². The molecule has 2 rings (SSSR count). The summed E-state index contributed by atoms with van der Waals surface area (Å²) in [5, 5.41) is 0. The first kappa shape index (κ1) is 16.5. The smallest absolute Gasteiger partial charge is 0.0724 e. The van der Waals surface area contributed by atoms with Gasteiger partial charge in [0.15, 0.2) is 0 Å². The summed E-state index contributed by atoms with van der Waals surface area (Å²) in [6.45, 7) is 11.8. The van der Waals surface area contributed by atoms with Crippen LogP contribution in [0.2, 0.25) is 0 Å². The van der Waals surface area contributed by atoms with Crippen LogP contribution in [0.25, 0.3) is 0 Å². The number of rotatable bonds is 4. The topological polar surface area (TPSA) is 38.5 Å². The Labute approximate surface area is 129 Å². The third kappa shape index (κ3) is 3.85. The van der Waals surface area contributed by atoms with Crippen molar-refractivity contribution in [2.24, 2.45) is 11.7 Å². The highest BCUT2D eigenvalue weighted by Gasteiger charge is 2.27. The first-order chi connectivity index (χ1) is 9.92. The summed E-state index contributed by atoms with van der Waals surface area (Å²) in [5.41, 5.74) is 11.8. The molecule has 0 saturated carbocycles. The van der Waals surface area contributed by atoms with E-state index in [2.05, 4.69) is 44.7 Å². The molecule has 1 aliphatic heterocycles. The molecule has 1 aliphatic rings. The molecule has 0 aromatic heterocycles. The number of ether oxygens (including phenoxy) is 1. The van der Waals surface area contributed by atoms with Gasteiger partial charge < -0.3 is 10.5 Å². The number of hydrogen-bond donors (Lipinski definition) is 1. The predicted octanol–water partition coefficient (Wildman–Crippen LogP) is 2.97. The largest absolute Gasteiger partial charge is 0.380 e. The lowest BCUT2D eigenvalue weighted by Gasteiger charge is -2.37. The second-order valence-electron chi connectivity index (χ2n) is 6.72. The van der Waals surface area contributed by atoms with E-state index in [1.54, 1.807) is 0 Å². The normalized spacial score (nSPS) is 25.0. The van der Waals surface area contributed by atoms with Crippen molar-refractivity contribution in [3.05, 3.63) is 34.4 Å². The van der Waals surface area contributed by atoms with Crippen molar-refractivity contribution >= 4 is 0 Å². The SMILES string of the molecule is COC1CN(CC(N)c2c(C)cc(C)cc2C)CCC1C. The zero-order chi connectivity index (χ0) is 15.6. The van der Waals surface area contributed by atoms with Gasteiger partial charge in [0.2, 0.25) is 0 Å². The summed E-state index contributed by atoms with van der Waals surface area (Å²) < 4.78 is 5.60. The molecule has 3 unspecified atom stereocenters. The fourth-order valence-corrected chi connectivity index (χ4v) is 3.72. The van der Waals surface area contributed by atoms with Gasteiger partial charge in [0, 0.05) is 26.2 Å². The number of methoxy groups -OCH3 is 1. The lowest BCUT2D eigenvalue weighted by atomic mass is 9.92. The van der Waals surface area contributed by atoms with E-state index in [0.29, 0.717) is 12.0 Å². The zero-order valence-electron chi connectivity index (χ0n) is 14.1. The minimum absolute atomic E-state index is 0.0801. The van der Waals surface area contributed by atoms with Crippen LogP contribution in [-0.4, -0.2) is 37.7 Å². The Hall–Kier alpha value is -0.900. The number of piperidine rings is 1. The highest BCUT2D eigenvalue weighted by molar-refractivity contribution is 5.39. The number of likely N-dealkylation sites (tertiary alicyclic amines) is 1. The van der Waals surface area contributed by atoms with E-state index in [0.717, 1.165) is 19.6 Å². The van der Waals surface area contributed by atoms with Crippen LogP contribution in [0.3, 0.4) is 0 Å². The van der Waals surface area contributed by atoms with E-state index in [1.165, 1.54) is 28.7 Å². The molecule has 1 aromatic carbocycles. The summed E-state index contributed by atoms with van der Waals surface area (Å²) in [7, 11) is 1.82. The fraction of sp³-hybridized carbons (Fsp3) is 0.667. The van der Waals surface area contributed by atoms with Crippen LogP contribution in [0.4, 0.5) is 0 Å². The third-order valence-corrected chi connectivity index (χ3v) is 4.84. The molecule has 118 valence electrons. The van der Waals surface area contributed by atoms with Gasteiger partial charge in [0.05, 0.1) is 6.10 Å². The van der Waals surface area contributed by atoms with Crippen molar-refractivity contribution < 1.29 is 4.74 Å². The number of nitrogens with zero attached hydrogens (tertiary/aromatic N) is 1. The molecule has 3 heteroatoms. The monoisotopic (exact) mass is 290 g/mol. The number of benzene rings is 1. The van der Waals surface area contributed by atoms with E-state index in [-0.39, 0.29) is 6.04 Å². The summed E-state index contributed by atoms with van der Waals surface area (Å²) in [6, 6.07) is 4.55. The van der Waals surface area contributed by atoms with Crippen LogP contribution < -0.4 is 5.73 Å². The second kappa shape index (κ2) is 6.91.